The molecule has 0 bridgehead atoms. The highest BCUT2D eigenvalue weighted by Crippen LogP contribution is 2.22. The van der Waals surface area contributed by atoms with Crippen LogP contribution in [0.25, 0.3) is 11.1 Å². The predicted octanol–water partition coefficient (Wildman–Crippen LogP) is 3.02. The number of sulfonamides is 1. The van der Waals surface area contributed by atoms with E-state index in [1.807, 2.05) is 35.9 Å². The number of benzene rings is 1. The number of carbonyl (C=O) groups excluding carboxylic acids is 1. The van der Waals surface area contributed by atoms with Crippen LogP contribution >= 0.6 is 11.3 Å². The lowest BCUT2D eigenvalue weighted by atomic mass is 10.1. The van der Waals surface area contributed by atoms with Crippen LogP contribution in [-0.4, -0.2) is 25.9 Å². The van der Waals surface area contributed by atoms with Gasteiger partial charge in [-0.25, -0.2) is 13.1 Å². The maximum absolute atomic E-state index is 12.5. The maximum atomic E-state index is 12.5. The molecule has 0 unspecified atom stereocenters. The van der Waals surface area contributed by atoms with Crippen molar-refractivity contribution in [3.8, 4) is 11.1 Å². The van der Waals surface area contributed by atoms with Crippen LogP contribution in [0.15, 0.2) is 58.4 Å². The van der Waals surface area contributed by atoms with Crippen molar-refractivity contribution in [2.75, 3.05) is 6.54 Å². The normalized spacial score (nSPS) is 11.4. The number of nitrogens with zero attached hydrogens (tertiary/aromatic N) is 1. The predicted molar refractivity (Wildman–Crippen MR) is 111 cm³/mol. The topological polar surface area (TPSA) is 88.2 Å². The molecule has 3 aromatic rings. The summed E-state index contributed by atoms with van der Waals surface area (Å²) in [6.07, 6.45) is 3.45. The van der Waals surface area contributed by atoms with Crippen LogP contribution < -0.4 is 10.0 Å². The van der Waals surface area contributed by atoms with E-state index >= 15 is 0 Å². The number of aromatic nitrogens is 1. The second-order valence-corrected chi connectivity index (χ2v) is 8.98. The molecule has 0 spiro atoms. The van der Waals surface area contributed by atoms with Gasteiger partial charge < -0.3 is 5.32 Å². The zero-order valence-corrected chi connectivity index (χ0v) is 17.2. The first-order valence-corrected chi connectivity index (χ1v) is 11.1. The van der Waals surface area contributed by atoms with Gasteiger partial charge in [-0.3, -0.25) is 9.78 Å². The van der Waals surface area contributed by atoms with Gasteiger partial charge in [-0.1, -0.05) is 12.1 Å². The van der Waals surface area contributed by atoms with E-state index in [0.717, 1.165) is 22.3 Å². The SMILES string of the molecule is Cc1ccc(C)c(S(=O)(=O)NCC(=O)NCc2cncc(-c3ccsc3)c2)c1. The first-order chi connectivity index (χ1) is 13.3. The van der Waals surface area contributed by atoms with Crippen LogP contribution in [0.2, 0.25) is 0 Å². The van der Waals surface area contributed by atoms with E-state index in [2.05, 4.69) is 15.0 Å². The standard InChI is InChI=1S/C20H21N3O3S2/c1-14-3-4-15(2)19(7-14)28(25,26)23-12-20(24)22-10-16-8-18(11-21-9-16)17-5-6-27-13-17/h3-9,11,13,23H,10,12H2,1-2H3,(H,22,24). The minimum atomic E-state index is -3.75. The zero-order valence-electron chi connectivity index (χ0n) is 15.6. The third-order valence-electron chi connectivity index (χ3n) is 4.19. The van der Waals surface area contributed by atoms with Crippen LogP contribution in [0.3, 0.4) is 0 Å². The third kappa shape index (κ3) is 5.03. The van der Waals surface area contributed by atoms with Crippen molar-refractivity contribution >= 4 is 27.3 Å². The van der Waals surface area contributed by atoms with Crippen molar-refractivity contribution in [1.82, 2.24) is 15.0 Å². The highest BCUT2D eigenvalue weighted by atomic mass is 32.2. The molecular formula is C20H21N3O3S2. The Kier molecular flexibility index (Phi) is 6.23. The van der Waals surface area contributed by atoms with Crippen LogP contribution in [0.1, 0.15) is 16.7 Å². The monoisotopic (exact) mass is 415 g/mol. The van der Waals surface area contributed by atoms with Gasteiger partial charge >= 0.3 is 0 Å². The van der Waals surface area contributed by atoms with Crippen LogP contribution in [0, 0.1) is 13.8 Å². The maximum Gasteiger partial charge on any atom is 0.241 e. The summed E-state index contributed by atoms with van der Waals surface area (Å²) in [5, 5.41) is 6.74. The summed E-state index contributed by atoms with van der Waals surface area (Å²) in [6, 6.07) is 9.15. The lowest BCUT2D eigenvalue weighted by Gasteiger charge is -2.11. The fourth-order valence-corrected chi connectivity index (χ4v) is 4.64. The smallest absolute Gasteiger partial charge is 0.241 e. The van der Waals surface area contributed by atoms with Gasteiger partial charge in [-0.15, -0.1) is 0 Å². The Hall–Kier alpha value is -2.55. The lowest BCUT2D eigenvalue weighted by molar-refractivity contribution is -0.120. The number of pyridine rings is 1. The third-order valence-corrected chi connectivity index (χ3v) is 6.42. The van der Waals surface area contributed by atoms with Gasteiger partial charge in [0.2, 0.25) is 15.9 Å². The summed E-state index contributed by atoms with van der Waals surface area (Å²) in [6.45, 7) is 3.49. The second kappa shape index (κ2) is 8.64. The van der Waals surface area contributed by atoms with E-state index in [0.29, 0.717) is 5.56 Å². The Bertz CT molecular complexity index is 1080. The molecule has 1 amide bonds. The number of aryl methyl sites for hydroxylation is 2. The van der Waals surface area contributed by atoms with Crippen LogP contribution in [0.4, 0.5) is 0 Å². The Morgan fingerprint density at radius 3 is 2.68 bits per heavy atom. The lowest BCUT2D eigenvalue weighted by Crippen LogP contribution is -2.36. The molecule has 146 valence electrons. The van der Waals surface area contributed by atoms with Crippen molar-refractivity contribution < 1.29 is 13.2 Å². The Morgan fingerprint density at radius 2 is 1.93 bits per heavy atom. The molecule has 0 atom stereocenters. The Balaban J connectivity index is 1.58. The number of hydrogen-bond acceptors (Lipinski definition) is 5. The molecular weight excluding hydrogens is 394 g/mol. The van der Waals surface area contributed by atoms with Crippen LogP contribution in [0.5, 0.6) is 0 Å². The minimum Gasteiger partial charge on any atom is -0.351 e. The fourth-order valence-electron chi connectivity index (χ4n) is 2.67. The molecule has 0 saturated heterocycles. The zero-order chi connectivity index (χ0) is 20.1. The number of thiophene rings is 1. The molecule has 6 nitrogen and oxygen atoms in total. The van der Waals surface area contributed by atoms with E-state index in [1.165, 1.54) is 0 Å². The molecule has 3 rings (SSSR count). The van der Waals surface area contributed by atoms with E-state index in [4.69, 9.17) is 0 Å². The summed E-state index contributed by atoms with van der Waals surface area (Å²) < 4.78 is 27.3. The highest BCUT2D eigenvalue weighted by molar-refractivity contribution is 7.89. The van der Waals surface area contributed by atoms with Crippen molar-refractivity contribution in [3.05, 3.63) is 70.2 Å². The van der Waals surface area contributed by atoms with E-state index in [-0.39, 0.29) is 18.0 Å². The first-order valence-electron chi connectivity index (χ1n) is 8.65. The molecule has 0 saturated carbocycles. The first kappa shape index (κ1) is 20.2. The largest absolute Gasteiger partial charge is 0.351 e. The van der Waals surface area contributed by atoms with Crippen molar-refractivity contribution in [2.45, 2.75) is 25.3 Å². The van der Waals surface area contributed by atoms with Gasteiger partial charge in [0.15, 0.2) is 0 Å². The van der Waals surface area contributed by atoms with E-state index in [1.54, 1.807) is 42.8 Å². The molecule has 28 heavy (non-hydrogen) atoms. The van der Waals surface area contributed by atoms with Crippen molar-refractivity contribution in [1.29, 1.82) is 0 Å². The average molecular weight is 416 g/mol. The van der Waals surface area contributed by atoms with Gasteiger partial charge in [0, 0.05) is 24.5 Å². The van der Waals surface area contributed by atoms with E-state index in [9.17, 15) is 13.2 Å². The molecule has 2 heterocycles. The molecule has 0 fully saturated rings. The molecule has 0 radical (unpaired) electrons. The number of hydrogen-bond donors (Lipinski definition) is 2. The molecule has 0 aliphatic heterocycles. The number of rotatable bonds is 7. The minimum absolute atomic E-state index is 0.188. The van der Waals surface area contributed by atoms with Crippen molar-refractivity contribution in [2.24, 2.45) is 0 Å². The van der Waals surface area contributed by atoms with Crippen LogP contribution in [-0.2, 0) is 21.4 Å². The number of carbonyl (C=O) groups is 1. The molecule has 0 aliphatic carbocycles. The molecule has 8 heteroatoms. The summed E-state index contributed by atoms with van der Waals surface area (Å²) in [5.41, 5.74) is 4.37. The fraction of sp³-hybridized carbons (Fsp3) is 0.200. The second-order valence-electron chi connectivity index (χ2n) is 6.46. The molecule has 1 aromatic carbocycles. The highest BCUT2D eigenvalue weighted by Gasteiger charge is 2.18. The Labute approximate surface area is 168 Å². The van der Waals surface area contributed by atoms with Gasteiger partial charge in [0.25, 0.3) is 0 Å². The average Bonchev–Trinajstić information content (AvgIpc) is 3.22. The van der Waals surface area contributed by atoms with E-state index < -0.39 is 15.9 Å². The number of nitrogens with one attached hydrogen (secondary N) is 2. The van der Waals surface area contributed by atoms with Crippen molar-refractivity contribution in [3.63, 3.8) is 0 Å². The molecule has 2 N–H and O–H groups in total. The van der Waals surface area contributed by atoms with Gasteiger partial charge in [-0.2, -0.15) is 11.3 Å². The quantitative estimate of drug-likeness (QED) is 0.621. The Morgan fingerprint density at radius 1 is 1.11 bits per heavy atom. The summed E-state index contributed by atoms with van der Waals surface area (Å²) in [7, 11) is -3.75. The molecule has 2 aromatic heterocycles. The van der Waals surface area contributed by atoms with Gasteiger partial charge in [0.05, 0.1) is 11.4 Å². The van der Waals surface area contributed by atoms with Gasteiger partial charge in [-0.05, 0) is 65.1 Å². The molecule has 0 aliphatic rings. The van der Waals surface area contributed by atoms with Gasteiger partial charge in [0.1, 0.15) is 0 Å². The summed E-state index contributed by atoms with van der Waals surface area (Å²) in [5.74, 6) is -0.408. The number of amides is 1. The summed E-state index contributed by atoms with van der Waals surface area (Å²) >= 11 is 1.60. The summed E-state index contributed by atoms with van der Waals surface area (Å²) in [4.78, 5) is 16.5.